The molecule has 0 bridgehead atoms. The van der Waals surface area contributed by atoms with Gasteiger partial charge in [-0.05, 0) is 30.7 Å². The molecule has 1 amide bonds. The maximum absolute atomic E-state index is 11.2. The van der Waals surface area contributed by atoms with Gasteiger partial charge in [0.25, 0.3) is 0 Å². The molecule has 1 heterocycles. The summed E-state index contributed by atoms with van der Waals surface area (Å²) in [5.41, 5.74) is 2.57. The summed E-state index contributed by atoms with van der Waals surface area (Å²) in [6.45, 7) is 3.02. The number of hydrogen-bond donors (Lipinski definition) is 2. The van der Waals surface area contributed by atoms with Crippen LogP contribution in [0.1, 0.15) is 19.4 Å². The van der Waals surface area contributed by atoms with Gasteiger partial charge >= 0.3 is 0 Å². The van der Waals surface area contributed by atoms with E-state index in [-0.39, 0.29) is 11.7 Å². The lowest BCUT2D eigenvalue weighted by molar-refractivity contribution is -0.116. The van der Waals surface area contributed by atoms with Gasteiger partial charge in [0.1, 0.15) is 5.78 Å². The summed E-state index contributed by atoms with van der Waals surface area (Å²) in [7, 11) is 0. The van der Waals surface area contributed by atoms with Crippen molar-refractivity contribution in [2.24, 2.45) is 0 Å². The Balaban J connectivity index is 2.50. The Bertz CT molecular complexity index is 584. The Labute approximate surface area is 99.0 Å². The van der Waals surface area contributed by atoms with Crippen LogP contribution < -0.4 is 5.32 Å². The number of aromatic nitrogens is 1. The van der Waals surface area contributed by atoms with Crippen LogP contribution in [0.15, 0.2) is 24.4 Å². The number of amides is 1. The third kappa shape index (κ3) is 2.53. The van der Waals surface area contributed by atoms with Crippen molar-refractivity contribution in [2.75, 3.05) is 5.32 Å². The summed E-state index contributed by atoms with van der Waals surface area (Å²) < 4.78 is 0. The molecule has 1 aromatic heterocycles. The molecule has 2 N–H and O–H groups in total. The molecule has 0 radical (unpaired) electrons. The Hall–Kier alpha value is -2.10. The highest BCUT2D eigenvalue weighted by molar-refractivity contribution is 5.95. The second-order valence-corrected chi connectivity index (χ2v) is 4.13. The molecule has 0 fully saturated rings. The lowest BCUT2D eigenvalue weighted by Crippen LogP contribution is -2.06. The monoisotopic (exact) mass is 230 g/mol. The first kappa shape index (κ1) is 11.4. The Kier molecular flexibility index (Phi) is 2.95. The Morgan fingerprint density at radius 2 is 2.06 bits per heavy atom. The second kappa shape index (κ2) is 4.41. The van der Waals surface area contributed by atoms with Crippen LogP contribution in [-0.4, -0.2) is 16.7 Å². The number of benzene rings is 1. The van der Waals surface area contributed by atoms with Crippen LogP contribution in [0.2, 0.25) is 0 Å². The highest BCUT2D eigenvalue weighted by Crippen LogP contribution is 2.23. The molecule has 0 aliphatic carbocycles. The molecule has 17 heavy (non-hydrogen) atoms. The molecular formula is C13H14N2O2. The smallest absolute Gasteiger partial charge is 0.221 e. The van der Waals surface area contributed by atoms with Gasteiger partial charge < -0.3 is 10.3 Å². The molecule has 0 spiro atoms. The zero-order chi connectivity index (χ0) is 12.4. The molecule has 0 aliphatic heterocycles. The minimum Gasteiger partial charge on any atom is -0.361 e. The highest BCUT2D eigenvalue weighted by Gasteiger charge is 2.07. The summed E-state index contributed by atoms with van der Waals surface area (Å²) in [5, 5.41) is 3.75. The van der Waals surface area contributed by atoms with E-state index >= 15 is 0 Å². The molecule has 0 saturated heterocycles. The first-order chi connectivity index (χ1) is 8.06. The van der Waals surface area contributed by atoms with E-state index in [4.69, 9.17) is 0 Å². The number of H-pyrrole nitrogens is 1. The van der Waals surface area contributed by atoms with E-state index in [1.807, 2.05) is 24.4 Å². The number of carbonyl (C=O) groups is 2. The number of rotatable bonds is 3. The predicted octanol–water partition coefficient (Wildman–Crippen LogP) is 2.26. The molecular weight excluding hydrogens is 216 g/mol. The second-order valence-electron chi connectivity index (χ2n) is 4.13. The summed E-state index contributed by atoms with van der Waals surface area (Å²) in [6.07, 6.45) is 2.20. The van der Waals surface area contributed by atoms with Gasteiger partial charge in [0, 0.05) is 36.1 Å². The topological polar surface area (TPSA) is 62.0 Å². The number of anilines is 1. The lowest BCUT2D eigenvalue weighted by atomic mass is 10.0. The zero-order valence-corrected chi connectivity index (χ0v) is 9.83. The standard InChI is InChI=1S/C13H14N2O2/c1-8(16)5-10-6-11(15-9(2)17)7-13-12(10)3-4-14-13/h3-4,6-7,14H,5H2,1-2H3,(H,15,17). The first-order valence-corrected chi connectivity index (χ1v) is 5.43. The number of carbonyl (C=O) groups excluding carboxylic acids is 2. The Morgan fingerprint density at radius 3 is 2.71 bits per heavy atom. The average Bonchev–Trinajstić information content (AvgIpc) is 2.63. The fourth-order valence-corrected chi connectivity index (χ4v) is 1.93. The third-order valence-corrected chi connectivity index (χ3v) is 2.51. The number of hydrogen-bond acceptors (Lipinski definition) is 2. The van der Waals surface area contributed by atoms with Gasteiger partial charge in [-0.15, -0.1) is 0 Å². The van der Waals surface area contributed by atoms with Crippen molar-refractivity contribution in [1.82, 2.24) is 4.98 Å². The SMILES string of the molecule is CC(=O)Cc1cc(NC(C)=O)cc2[nH]ccc12. The van der Waals surface area contributed by atoms with Crippen LogP contribution in [0.4, 0.5) is 5.69 Å². The van der Waals surface area contributed by atoms with Crippen molar-refractivity contribution in [3.63, 3.8) is 0 Å². The average molecular weight is 230 g/mol. The van der Waals surface area contributed by atoms with Crippen molar-refractivity contribution < 1.29 is 9.59 Å². The molecule has 0 saturated carbocycles. The van der Waals surface area contributed by atoms with Crippen LogP contribution in [0, 0.1) is 0 Å². The fraction of sp³-hybridized carbons (Fsp3) is 0.231. The van der Waals surface area contributed by atoms with Crippen molar-refractivity contribution in [3.8, 4) is 0 Å². The van der Waals surface area contributed by atoms with Crippen LogP contribution >= 0.6 is 0 Å². The van der Waals surface area contributed by atoms with Gasteiger partial charge in [0.05, 0.1) is 0 Å². The van der Waals surface area contributed by atoms with E-state index in [1.165, 1.54) is 6.92 Å². The molecule has 2 aromatic rings. The van der Waals surface area contributed by atoms with Crippen LogP contribution in [0.3, 0.4) is 0 Å². The zero-order valence-electron chi connectivity index (χ0n) is 9.83. The lowest BCUT2D eigenvalue weighted by Gasteiger charge is -2.07. The summed E-state index contributed by atoms with van der Waals surface area (Å²) >= 11 is 0. The van der Waals surface area contributed by atoms with E-state index in [1.54, 1.807) is 6.92 Å². The summed E-state index contributed by atoms with van der Waals surface area (Å²) in [4.78, 5) is 25.3. The number of nitrogens with one attached hydrogen (secondary N) is 2. The van der Waals surface area contributed by atoms with E-state index < -0.39 is 0 Å². The molecule has 88 valence electrons. The van der Waals surface area contributed by atoms with Gasteiger partial charge in [0.2, 0.25) is 5.91 Å². The molecule has 0 aliphatic rings. The quantitative estimate of drug-likeness (QED) is 0.849. The highest BCUT2D eigenvalue weighted by atomic mass is 16.1. The number of aromatic amines is 1. The van der Waals surface area contributed by atoms with Crippen LogP contribution in [0.25, 0.3) is 10.9 Å². The van der Waals surface area contributed by atoms with Crippen molar-refractivity contribution in [3.05, 3.63) is 30.0 Å². The number of fused-ring (bicyclic) bond motifs is 1. The minimum absolute atomic E-state index is 0.104. The number of ketones is 1. The largest absolute Gasteiger partial charge is 0.361 e. The van der Waals surface area contributed by atoms with E-state index in [9.17, 15) is 9.59 Å². The van der Waals surface area contributed by atoms with E-state index in [2.05, 4.69) is 10.3 Å². The first-order valence-electron chi connectivity index (χ1n) is 5.43. The van der Waals surface area contributed by atoms with Gasteiger partial charge in [-0.1, -0.05) is 0 Å². The van der Waals surface area contributed by atoms with Gasteiger partial charge in [-0.25, -0.2) is 0 Å². The van der Waals surface area contributed by atoms with Crippen molar-refractivity contribution in [1.29, 1.82) is 0 Å². The van der Waals surface area contributed by atoms with Gasteiger partial charge in [-0.2, -0.15) is 0 Å². The summed E-state index contributed by atoms with van der Waals surface area (Å²) in [6, 6.07) is 5.64. The predicted molar refractivity (Wildman–Crippen MR) is 67.0 cm³/mol. The maximum atomic E-state index is 11.2. The molecule has 1 aromatic carbocycles. The molecule has 0 unspecified atom stereocenters. The third-order valence-electron chi connectivity index (χ3n) is 2.51. The van der Waals surface area contributed by atoms with Gasteiger partial charge in [-0.3, -0.25) is 9.59 Å². The maximum Gasteiger partial charge on any atom is 0.221 e. The van der Waals surface area contributed by atoms with Crippen molar-refractivity contribution >= 4 is 28.3 Å². The Morgan fingerprint density at radius 1 is 1.29 bits per heavy atom. The molecule has 0 atom stereocenters. The normalized spacial score (nSPS) is 10.5. The van der Waals surface area contributed by atoms with Crippen molar-refractivity contribution in [2.45, 2.75) is 20.3 Å². The molecule has 4 nitrogen and oxygen atoms in total. The van der Waals surface area contributed by atoms with Crippen LogP contribution in [-0.2, 0) is 16.0 Å². The van der Waals surface area contributed by atoms with Gasteiger partial charge in [0.15, 0.2) is 0 Å². The van der Waals surface area contributed by atoms with E-state index in [0.29, 0.717) is 12.1 Å². The minimum atomic E-state index is -0.121. The van der Waals surface area contributed by atoms with E-state index in [0.717, 1.165) is 16.5 Å². The number of Topliss-reactive ketones (excluding diaryl/α,β-unsaturated/α-hetero) is 1. The fourth-order valence-electron chi connectivity index (χ4n) is 1.93. The molecule has 2 rings (SSSR count). The molecule has 4 heteroatoms. The summed E-state index contributed by atoms with van der Waals surface area (Å²) in [5.74, 6) is -0.0165. The van der Waals surface area contributed by atoms with Crippen LogP contribution in [0.5, 0.6) is 0 Å².